The zero-order valence-corrected chi connectivity index (χ0v) is 14.2. The molecule has 0 unspecified atom stereocenters. The minimum atomic E-state index is -1.10. The van der Waals surface area contributed by atoms with Crippen molar-refractivity contribution < 1.29 is 24.2 Å². The SMILES string of the molecule is C=C(C(=O)OC)[C@@H](O)[C@H]1CCC=C[C@H]1NC(=O)OCc1ccccc1. The third-order valence-electron chi connectivity index (χ3n) is 4.18. The van der Waals surface area contributed by atoms with Crippen LogP contribution in [0.3, 0.4) is 0 Å². The van der Waals surface area contributed by atoms with E-state index in [0.717, 1.165) is 12.0 Å². The number of esters is 1. The molecule has 0 fully saturated rings. The first-order chi connectivity index (χ1) is 12.0. The highest BCUT2D eigenvalue weighted by atomic mass is 16.5. The average molecular weight is 345 g/mol. The van der Waals surface area contributed by atoms with Crippen LogP contribution >= 0.6 is 0 Å². The lowest BCUT2D eigenvalue weighted by Crippen LogP contribution is -2.46. The quantitative estimate of drug-likeness (QED) is 0.470. The number of allylic oxidation sites excluding steroid dienone is 1. The first-order valence-corrected chi connectivity index (χ1v) is 8.12. The van der Waals surface area contributed by atoms with Crippen molar-refractivity contribution in [2.75, 3.05) is 7.11 Å². The lowest BCUT2D eigenvalue weighted by Gasteiger charge is -2.32. The van der Waals surface area contributed by atoms with Crippen molar-refractivity contribution in [1.82, 2.24) is 5.32 Å². The predicted octanol–water partition coefficient (Wildman–Crippen LogP) is 2.34. The Morgan fingerprint density at radius 1 is 1.36 bits per heavy atom. The van der Waals surface area contributed by atoms with Crippen molar-refractivity contribution in [1.29, 1.82) is 0 Å². The van der Waals surface area contributed by atoms with Gasteiger partial charge in [-0.1, -0.05) is 49.1 Å². The van der Waals surface area contributed by atoms with Gasteiger partial charge in [0, 0.05) is 5.92 Å². The maximum atomic E-state index is 12.0. The molecular formula is C19H23NO5. The standard InChI is InChI=1S/C19H23NO5/c1-13(18(22)24-2)17(21)15-10-6-7-11-16(15)20-19(23)25-12-14-8-4-3-5-9-14/h3-5,7-9,11,15-17,21H,1,6,10,12H2,2H3,(H,20,23)/t15-,16+,17+/m0/s1. The lowest BCUT2D eigenvalue weighted by molar-refractivity contribution is -0.137. The second-order valence-corrected chi connectivity index (χ2v) is 5.86. The van der Waals surface area contributed by atoms with Gasteiger partial charge in [-0.25, -0.2) is 9.59 Å². The van der Waals surface area contributed by atoms with Gasteiger partial charge >= 0.3 is 12.1 Å². The number of ether oxygens (including phenoxy) is 2. The molecule has 0 heterocycles. The van der Waals surface area contributed by atoms with Gasteiger partial charge in [0.2, 0.25) is 0 Å². The molecule has 0 saturated heterocycles. The van der Waals surface area contributed by atoms with Crippen LogP contribution in [0, 0.1) is 5.92 Å². The number of rotatable bonds is 6. The van der Waals surface area contributed by atoms with Gasteiger partial charge in [-0.05, 0) is 18.4 Å². The minimum Gasteiger partial charge on any atom is -0.466 e. The fraction of sp³-hybridized carbons (Fsp3) is 0.368. The van der Waals surface area contributed by atoms with E-state index in [9.17, 15) is 14.7 Å². The Bertz CT molecular complexity index is 640. The third-order valence-corrected chi connectivity index (χ3v) is 4.18. The summed E-state index contributed by atoms with van der Waals surface area (Å²) in [6, 6.07) is 8.89. The van der Waals surface area contributed by atoms with Crippen molar-refractivity contribution in [3.63, 3.8) is 0 Å². The summed E-state index contributed by atoms with van der Waals surface area (Å²) in [7, 11) is 1.23. The number of amides is 1. The van der Waals surface area contributed by atoms with Crippen molar-refractivity contribution in [2.24, 2.45) is 5.92 Å². The number of carbonyl (C=O) groups is 2. The van der Waals surface area contributed by atoms with E-state index in [1.165, 1.54) is 7.11 Å². The van der Waals surface area contributed by atoms with E-state index < -0.39 is 24.2 Å². The summed E-state index contributed by atoms with van der Waals surface area (Å²) in [5.74, 6) is -1.03. The van der Waals surface area contributed by atoms with E-state index in [1.807, 2.05) is 36.4 Å². The van der Waals surface area contributed by atoms with E-state index in [1.54, 1.807) is 6.08 Å². The second kappa shape index (κ2) is 9.03. The summed E-state index contributed by atoms with van der Waals surface area (Å²) in [5.41, 5.74) is 0.861. The molecule has 0 saturated carbocycles. The van der Waals surface area contributed by atoms with Crippen LogP contribution in [0.15, 0.2) is 54.6 Å². The van der Waals surface area contributed by atoms with E-state index in [2.05, 4.69) is 16.6 Å². The highest BCUT2D eigenvalue weighted by Crippen LogP contribution is 2.26. The summed E-state index contributed by atoms with van der Waals surface area (Å²) in [5, 5.41) is 13.1. The van der Waals surface area contributed by atoms with Crippen LogP contribution in [0.25, 0.3) is 0 Å². The van der Waals surface area contributed by atoms with Crippen molar-refractivity contribution in [3.8, 4) is 0 Å². The van der Waals surface area contributed by atoms with Crippen LogP contribution in [0.2, 0.25) is 0 Å². The van der Waals surface area contributed by atoms with Gasteiger partial charge in [-0.3, -0.25) is 0 Å². The molecule has 1 aromatic carbocycles. The van der Waals surface area contributed by atoms with Crippen molar-refractivity contribution >= 4 is 12.1 Å². The largest absolute Gasteiger partial charge is 0.466 e. The van der Waals surface area contributed by atoms with Crippen molar-refractivity contribution in [3.05, 3.63) is 60.2 Å². The molecule has 3 atom stereocenters. The number of hydrogen-bond donors (Lipinski definition) is 2. The molecule has 0 aliphatic heterocycles. The van der Waals surface area contributed by atoms with Crippen LogP contribution in [0.5, 0.6) is 0 Å². The molecule has 0 spiro atoms. The molecule has 1 aliphatic rings. The number of hydrogen-bond acceptors (Lipinski definition) is 5. The Balaban J connectivity index is 1.94. The maximum Gasteiger partial charge on any atom is 0.407 e. The summed E-state index contributed by atoms with van der Waals surface area (Å²) in [4.78, 5) is 23.6. The predicted molar refractivity (Wildman–Crippen MR) is 92.6 cm³/mol. The molecule has 1 amide bonds. The first-order valence-electron chi connectivity index (χ1n) is 8.12. The Labute approximate surface area is 147 Å². The monoisotopic (exact) mass is 345 g/mol. The van der Waals surface area contributed by atoms with E-state index in [0.29, 0.717) is 6.42 Å². The second-order valence-electron chi connectivity index (χ2n) is 5.86. The molecule has 2 N–H and O–H groups in total. The van der Waals surface area contributed by atoms with Crippen LogP contribution in [0.1, 0.15) is 18.4 Å². The number of alkyl carbamates (subject to hydrolysis) is 1. The number of nitrogens with one attached hydrogen (secondary N) is 1. The Hall–Kier alpha value is -2.60. The minimum absolute atomic E-state index is 0.0211. The molecular weight excluding hydrogens is 322 g/mol. The summed E-state index contributed by atoms with van der Waals surface area (Å²) in [6.07, 6.45) is 3.39. The molecule has 25 heavy (non-hydrogen) atoms. The Morgan fingerprint density at radius 2 is 2.08 bits per heavy atom. The van der Waals surface area contributed by atoms with Crippen molar-refractivity contribution in [2.45, 2.75) is 31.6 Å². The van der Waals surface area contributed by atoms with E-state index in [-0.39, 0.29) is 18.1 Å². The fourth-order valence-electron chi connectivity index (χ4n) is 2.77. The molecule has 1 aromatic rings. The molecule has 0 radical (unpaired) electrons. The summed E-state index contributed by atoms with van der Waals surface area (Å²) < 4.78 is 9.81. The number of methoxy groups -OCH3 is 1. The Kier molecular flexibility index (Phi) is 6.77. The van der Waals surface area contributed by atoms with Gasteiger partial charge in [0.1, 0.15) is 6.61 Å². The lowest BCUT2D eigenvalue weighted by atomic mass is 9.82. The van der Waals surface area contributed by atoms with Gasteiger partial charge in [0.15, 0.2) is 0 Å². The maximum absolute atomic E-state index is 12.0. The highest BCUT2D eigenvalue weighted by molar-refractivity contribution is 5.88. The third kappa shape index (κ3) is 5.19. The molecule has 2 rings (SSSR count). The zero-order chi connectivity index (χ0) is 18.2. The number of aliphatic hydroxyl groups is 1. The van der Waals surface area contributed by atoms with Crippen LogP contribution < -0.4 is 5.32 Å². The molecule has 1 aliphatic carbocycles. The molecule has 6 heteroatoms. The number of carbonyl (C=O) groups excluding carboxylic acids is 2. The highest BCUT2D eigenvalue weighted by Gasteiger charge is 2.33. The topological polar surface area (TPSA) is 84.9 Å². The van der Waals surface area contributed by atoms with Crippen LogP contribution in [-0.2, 0) is 20.9 Å². The van der Waals surface area contributed by atoms with Gasteiger partial charge in [-0.15, -0.1) is 0 Å². The zero-order valence-electron chi connectivity index (χ0n) is 14.2. The van der Waals surface area contributed by atoms with Gasteiger partial charge in [0.05, 0.1) is 24.8 Å². The van der Waals surface area contributed by atoms with Gasteiger partial charge < -0.3 is 19.9 Å². The molecule has 6 nitrogen and oxygen atoms in total. The summed E-state index contributed by atoms with van der Waals surface area (Å²) >= 11 is 0. The Morgan fingerprint density at radius 3 is 2.76 bits per heavy atom. The van der Waals surface area contributed by atoms with E-state index >= 15 is 0 Å². The smallest absolute Gasteiger partial charge is 0.407 e. The average Bonchev–Trinajstić information content (AvgIpc) is 2.66. The summed E-state index contributed by atoms with van der Waals surface area (Å²) in [6.45, 7) is 3.76. The normalized spacial score (nSPS) is 20.4. The number of aliphatic hydroxyl groups excluding tert-OH is 1. The number of benzene rings is 1. The molecule has 134 valence electrons. The molecule has 0 bridgehead atoms. The van der Waals surface area contributed by atoms with E-state index in [4.69, 9.17) is 4.74 Å². The van der Waals surface area contributed by atoms with Crippen LogP contribution in [0.4, 0.5) is 4.79 Å². The molecule has 0 aromatic heterocycles. The van der Waals surface area contributed by atoms with Gasteiger partial charge in [0.25, 0.3) is 0 Å². The van der Waals surface area contributed by atoms with Gasteiger partial charge in [-0.2, -0.15) is 0 Å². The fourth-order valence-corrected chi connectivity index (χ4v) is 2.77. The first kappa shape index (κ1) is 18.7. The van der Waals surface area contributed by atoms with Crippen LogP contribution in [-0.4, -0.2) is 36.4 Å².